The van der Waals surface area contributed by atoms with E-state index in [2.05, 4.69) is 29.5 Å². The van der Waals surface area contributed by atoms with Crippen LogP contribution in [0.15, 0.2) is 4.99 Å². The second kappa shape index (κ2) is 13.6. The molecule has 0 spiro atoms. The predicted molar refractivity (Wildman–Crippen MR) is 97.1 cm³/mol. The van der Waals surface area contributed by atoms with Gasteiger partial charge in [-0.3, -0.25) is 4.99 Å². The van der Waals surface area contributed by atoms with Crippen LogP contribution in [0.2, 0.25) is 0 Å². The monoisotopic (exact) mass is 327 g/mol. The van der Waals surface area contributed by atoms with Crippen LogP contribution < -0.4 is 10.6 Å². The molecule has 0 aromatic carbocycles. The van der Waals surface area contributed by atoms with Crippen molar-refractivity contribution >= 4 is 5.96 Å². The van der Waals surface area contributed by atoms with E-state index in [0.717, 1.165) is 58.2 Å². The molecule has 23 heavy (non-hydrogen) atoms. The first-order valence-electron chi connectivity index (χ1n) is 9.39. The van der Waals surface area contributed by atoms with Crippen LogP contribution in [0.25, 0.3) is 0 Å². The molecule has 0 aliphatic carbocycles. The lowest BCUT2D eigenvalue weighted by Gasteiger charge is -2.21. The van der Waals surface area contributed by atoms with Crippen LogP contribution in [-0.2, 0) is 9.47 Å². The van der Waals surface area contributed by atoms with Gasteiger partial charge < -0.3 is 20.1 Å². The Morgan fingerprint density at radius 2 is 2.04 bits per heavy atom. The fourth-order valence-corrected chi connectivity index (χ4v) is 2.74. The Morgan fingerprint density at radius 1 is 1.26 bits per heavy atom. The van der Waals surface area contributed by atoms with Gasteiger partial charge in [0, 0.05) is 46.1 Å². The Morgan fingerprint density at radius 3 is 2.74 bits per heavy atom. The Balaban J connectivity index is 1.99. The number of rotatable bonds is 11. The van der Waals surface area contributed by atoms with Crippen LogP contribution in [0.5, 0.6) is 0 Å². The number of hydrogen-bond donors (Lipinski definition) is 2. The van der Waals surface area contributed by atoms with Gasteiger partial charge in [-0.1, -0.05) is 26.2 Å². The Labute approximate surface area is 142 Å². The van der Waals surface area contributed by atoms with Gasteiger partial charge in [-0.15, -0.1) is 0 Å². The van der Waals surface area contributed by atoms with Gasteiger partial charge in [0.1, 0.15) is 0 Å². The maximum atomic E-state index is 5.78. The molecule has 0 aromatic rings. The summed E-state index contributed by atoms with van der Waals surface area (Å²) in [6.45, 7) is 8.84. The first kappa shape index (κ1) is 20.2. The van der Waals surface area contributed by atoms with Gasteiger partial charge in [0.2, 0.25) is 0 Å². The SMILES string of the molecule is CCCCCC(C)NC(=NC)NCCCOCC1CCOCC1. The van der Waals surface area contributed by atoms with Crippen molar-refractivity contribution in [1.29, 1.82) is 0 Å². The Hall–Kier alpha value is -0.810. The molecule has 0 amide bonds. The molecular weight excluding hydrogens is 290 g/mol. The molecule has 1 fully saturated rings. The summed E-state index contributed by atoms with van der Waals surface area (Å²) in [5.41, 5.74) is 0. The molecule has 1 heterocycles. The largest absolute Gasteiger partial charge is 0.381 e. The van der Waals surface area contributed by atoms with Gasteiger partial charge in [-0.05, 0) is 38.5 Å². The highest BCUT2D eigenvalue weighted by molar-refractivity contribution is 5.79. The highest BCUT2D eigenvalue weighted by atomic mass is 16.5. The number of nitrogens with one attached hydrogen (secondary N) is 2. The minimum absolute atomic E-state index is 0.470. The molecule has 136 valence electrons. The highest BCUT2D eigenvalue weighted by Crippen LogP contribution is 2.14. The molecule has 1 saturated heterocycles. The van der Waals surface area contributed by atoms with E-state index in [1.54, 1.807) is 0 Å². The maximum absolute atomic E-state index is 5.78. The summed E-state index contributed by atoms with van der Waals surface area (Å²) in [6.07, 6.45) is 8.35. The quantitative estimate of drug-likeness (QED) is 0.348. The van der Waals surface area contributed by atoms with E-state index in [1.807, 2.05) is 7.05 Å². The summed E-state index contributed by atoms with van der Waals surface area (Å²) >= 11 is 0. The van der Waals surface area contributed by atoms with E-state index < -0.39 is 0 Å². The van der Waals surface area contributed by atoms with Crippen LogP contribution in [0.4, 0.5) is 0 Å². The zero-order valence-electron chi connectivity index (χ0n) is 15.4. The molecule has 1 aliphatic rings. The summed E-state index contributed by atoms with van der Waals surface area (Å²) in [5, 5.41) is 6.82. The molecule has 0 saturated carbocycles. The number of aliphatic imine (C=N–C) groups is 1. The first-order valence-corrected chi connectivity index (χ1v) is 9.39. The van der Waals surface area contributed by atoms with Crippen molar-refractivity contribution in [2.45, 2.75) is 64.8 Å². The second-order valence-corrected chi connectivity index (χ2v) is 6.52. The topological polar surface area (TPSA) is 54.9 Å². The molecule has 1 rings (SSSR count). The predicted octanol–water partition coefficient (Wildman–Crippen LogP) is 2.95. The molecule has 1 atom stereocenters. The zero-order chi connectivity index (χ0) is 16.8. The lowest BCUT2D eigenvalue weighted by atomic mass is 10.0. The van der Waals surface area contributed by atoms with Crippen LogP contribution in [0, 0.1) is 5.92 Å². The van der Waals surface area contributed by atoms with Crippen molar-refractivity contribution < 1.29 is 9.47 Å². The standard InChI is InChI=1S/C18H37N3O2/c1-4-5-6-8-16(2)21-18(19-3)20-11-7-12-23-15-17-9-13-22-14-10-17/h16-17H,4-15H2,1-3H3,(H2,19,20,21). The van der Waals surface area contributed by atoms with Crippen molar-refractivity contribution in [3.8, 4) is 0 Å². The number of unbranched alkanes of at least 4 members (excludes halogenated alkanes) is 2. The fraction of sp³-hybridized carbons (Fsp3) is 0.944. The summed E-state index contributed by atoms with van der Waals surface area (Å²) in [6, 6.07) is 0.470. The first-order chi connectivity index (χ1) is 11.3. The van der Waals surface area contributed by atoms with E-state index in [1.165, 1.54) is 25.7 Å². The van der Waals surface area contributed by atoms with Crippen LogP contribution in [-0.4, -0.2) is 52.0 Å². The van der Waals surface area contributed by atoms with E-state index in [-0.39, 0.29) is 0 Å². The molecule has 0 aromatic heterocycles. The number of guanidine groups is 1. The molecule has 5 nitrogen and oxygen atoms in total. The van der Waals surface area contributed by atoms with Crippen molar-refractivity contribution in [3.05, 3.63) is 0 Å². The Bertz CT molecular complexity index is 305. The van der Waals surface area contributed by atoms with Gasteiger partial charge in [0.15, 0.2) is 5.96 Å². The third-order valence-corrected chi connectivity index (χ3v) is 4.30. The third kappa shape index (κ3) is 10.6. The summed E-state index contributed by atoms with van der Waals surface area (Å²) in [5.74, 6) is 1.59. The average Bonchev–Trinajstić information content (AvgIpc) is 2.58. The van der Waals surface area contributed by atoms with Crippen molar-refractivity contribution in [2.75, 3.05) is 40.0 Å². The summed E-state index contributed by atoms with van der Waals surface area (Å²) in [7, 11) is 1.83. The van der Waals surface area contributed by atoms with Gasteiger partial charge in [0.25, 0.3) is 0 Å². The second-order valence-electron chi connectivity index (χ2n) is 6.52. The normalized spacial score (nSPS) is 18.0. The average molecular weight is 328 g/mol. The van der Waals surface area contributed by atoms with Crippen LogP contribution >= 0.6 is 0 Å². The molecule has 0 radical (unpaired) electrons. The summed E-state index contributed by atoms with van der Waals surface area (Å²) in [4.78, 5) is 4.29. The fourth-order valence-electron chi connectivity index (χ4n) is 2.74. The molecule has 2 N–H and O–H groups in total. The van der Waals surface area contributed by atoms with E-state index in [9.17, 15) is 0 Å². The van der Waals surface area contributed by atoms with Crippen molar-refractivity contribution in [1.82, 2.24) is 10.6 Å². The number of hydrogen-bond acceptors (Lipinski definition) is 3. The third-order valence-electron chi connectivity index (χ3n) is 4.30. The van der Waals surface area contributed by atoms with Crippen molar-refractivity contribution in [3.63, 3.8) is 0 Å². The molecular formula is C18H37N3O2. The van der Waals surface area contributed by atoms with E-state index in [0.29, 0.717) is 12.0 Å². The van der Waals surface area contributed by atoms with E-state index in [4.69, 9.17) is 9.47 Å². The van der Waals surface area contributed by atoms with E-state index >= 15 is 0 Å². The lowest BCUT2D eigenvalue weighted by molar-refractivity contribution is 0.0203. The number of ether oxygens (including phenoxy) is 2. The van der Waals surface area contributed by atoms with Crippen molar-refractivity contribution in [2.24, 2.45) is 10.9 Å². The van der Waals surface area contributed by atoms with Gasteiger partial charge >= 0.3 is 0 Å². The molecule has 0 bridgehead atoms. The zero-order valence-corrected chi connectivity index (χ0v) is 15.4. The van der Waals surface area contributed by atoms with Crippen LogP contribution in [0.3, 0.4) is 0 Å². The van der Waals surface area contributed by atoms with Crippen LogP contribution in [0.1, 0.15) is 58.8 Å². The van der Waals surface area contributed by atoms with Gasteiger partial charge in [-0.25, -0.2) is 0 Å². The minimum Gasteiger partial charge on any atom is -0.381 e. The Kier molecular flexibility index (Phi) is 12.0. The number of nitrogens with zero attached hydrogens (tertiary/aromatic N) is 1. The lowest BCUT2D eigenvalue weighted by Crippen LogP contribution is -2.42. The maximum Gasteiger partial charge on any atom is 0.191 e. The van der Waals surface area contributed by atoms with Gasteiger partial charge in [0.05, 0.1) is 0 Å². The molecule has 1 unspecified atom stereocenters. The summed E-state index contributed by atoms with van der Waals surface area (Å²) < 4.78 is 11.1. The highest BCUT2D eigenvalue weighted by Gasteiger charge is 2.13. The molecule has 5 heteroatoms. The van der Waals surface area contributed by atoms with Gasteiger partial charge in [-0.2, -0.15) is 0 Å². The molecule has 1 aliphatic heterocycles. The minimum atomic E-state index is 0.470. The smallest absolute Gasteiger partial charge is 0.191 e.